The molecule has 0 aliphatic rings. The van der Waals surface area contributed by atoms with Crippen molar-refractivity contribution in [1.29, 1.82) is 0 Å². The molecule has 0 radical (unpaired) electrons. The molecule has 1 heterocycles. The summed E-state index contributed by atoms with van der Waals surface area (Å²) in [6.45, 7) is 0. The van der Waals surface area contributed by atoms with Crippen molar-refractivity contribution in [3.63, 3.8) is 0 Å². The van der Waals surface area contributed by atoms with Gasteiger partial charge in [0.1, 0.15) is 0 Å². The van der Waals surface area contributed by atoms with Crippen molar-refractivity contribution >= 4 is 57.6 Å². The van der Waals surface area contributed by atoms with Crippen LogP contribution in [0.5, 0.6) is 0 Å². The first-order valence-electron chi connectivity index (χ1n) is 5.78. The van der Waals surface area contributed by atoms with Crippen LogP contribution in [-0.2, 0) is 0 Å². The van der Waals surface area contributed by atoms with E-state index in [1.54, 1.807) is 17.8 Å². The molecular weight excluding hydrogens is 335 g/mol. The first-order valence-corrected chi connectivity index (χ1v) is 8.13. The third-order valence-corrected chi connectivity index (χ3v) is 4.70. The summed E-state index contributed by atoms with van der Waals surface area (Å²) in [6.07, 6.45) is 1.97. The van der Waals surface area contributed by atoms with Gasteiger partial charge in [0.05, 0.1) is 26.1 Å². The molecule has 2 aromatic carbocycles. The average molecular weight is 344 g/mol. The predicted molar refractivity (Wildman–Crippen MR) is 88.3 cm³/mol. The van der Waals surface area contributed by atoms with Gasteiger partial charge in [0, 0.05) is 11.1 Å². The highest BCUT2D eigenvalue weighted by Crippen LogP contribution is 2.38. The number of hydrogen-bond acceptors (Lipinski definition) is 2. The fourth-order valence-electron chi connectivity index (χ4n) is 2.02. The van der Waals surface area contributed by atoms with E-state index in [0.717, 1.165) is 27.3 Å². The molecule has 0 amide bonds. The summed E-state index contributed by atoms with van der Waals surface area (Å²) in [6, 6.07) is 9.27. The Morgan fingerprint density at radius 2 is 1.85 bits per heavy atom. The van der Waals surface area contributed by atoms with Gasteiger partial charge >= 0.3 is 0 Å². The van der Waals surface area contributed by atoms with E-state index in [4.69, 9.17) is 34.8 Å². The minimum atomic E-state index is 0.496. The number of aromatic amines is 1. The second-order valence-corrected chi connectivity index (χ2v) is 6.18. The molecule has 0 spiro atoms. The molecule has 20 heavy (non-hydrogen) atoms. The summed E-state index contributed by atoms with van der Waals surface area (Å²) in [5.74, 6) is 0. The highest BCUT2D eigenvalue weighted by Gasteiger charge is 2.13. The molecule has 0 fully saturated rings. The third-order valence-electron chi connectivity index (χ3n) is 2.98. The van der Waals surface area contributed by atoms with Crippen LogP contribution < -0.4 is 0 Å². The zero-order chi connectivity index (χ0) is 14.3. The van der Waals surface area contributed by atoms with Gasteiger partial charge in [0.15, 0.2) is 5.16 Å². The van der Waals surface area contributed by atoms with Gasteiger partial charge < -0.3 is 4.98 Å². The molecule has 2 nitrogen and oxygen atoms in total. The van der Waals surface area contributed by atoms with Crippen LogP contribution in [0.4, 0.5) is 0 Å². The highest BCUT2D eigenvalue weighted by atomic mass is 35.5. The second-order valence-electron chi connectivity index (χ2n) is 4.20. The Kier molecular flexibility index (Phi) is 3.87. The van der Waals surface area contributed by atoms with E-state index in [0.29, 0.717) is 15.1 Å². The van der Waals surface area contributed by atoms with Crippen LogP contribution in [0.1, 0.15) is 0 Å². The maximum Gasteiger partial charge on any atom is 0.166 e. The molecule has 0 unspecified atom stereocenters. The largest absolute Gasteiger partial charge is 0.333 e. The van der Waals surface area contributed by atoms with Crippen LogP contribution in [0, 0.1) is 0 Å². The van der Waals surface area contributed by atoms with Gasteiger partial charge in [-0.25, -0.2) is 4.98 Å². The third kappa shape index (κ3) is 2.40. The van der Waals surface area contributed by atoms with Crippen LogP contribution in [0.3, 0.4) is 0 Å². The van der Waals surface area contributed by atoms with Gasteiger partial charge in [-0.3, -0.25) is 0 Å². The predicted octanol–water partition coefficient (Wildman–Crippen LogP) is 5.91. The van der Waals surface area contributed by atoms with Crippen molar-refractivity contribution in [1.82, 2.24) is 9.97 Å². The minimum absolute atomic E-state index is 0.496. The lowest BCUT2D eigenvalue weighted by Gasteiger charge is -2.08. The molecule has 0 saturated heterocycles. The molecule has 102 valence electrons. The first kappa shape index (κ1) is 14.1. The van der Waals surface area contributed by atoms with Crippen LogP contribution in [-0.4, -0.2) is 16.2 Å². The zero-order valence-corrected chi connectivity index (χ0v) is 13.5. The Balaban J connectivity index is 2.25. The van der Waals surface area contributed by atoms with Gasteiger partial charge in [0.2, 0.25) is 0 Å². The summed E-state index contributed by atoms with van der Waals surface area (Å²) in [5.41, 5.74) is 3.39. The van der Waals surface area contributed by atoms with Gasteiger partial charge in [-0.2, -0.15) is 0 Å². The van der Waals surface area contributed by atoms with E-state index in [-0.39, 0.29) is 0 Å². The maximum absolute atomic E-state index is 6.36. The number of imidazole rings is 1. The van der Waals surface area contributed by atoms with Crippen LogP contribution in [0.15, 0.2) is 35.5 Å². The van der Waals surface area contributed by atoms with Gasteiger partial charge in [-0.05, 0) is 24.5 Å². The maximum atomic E-state index is 6.36. The van der Waals surface area contributed by atoms with E-state index < -0.39 is 0 Å². The molecule has 0 bridgehead atoms. The number of thioether (sulfide) groups is 1. The molecule has 0 atom stereocenters. The lowest BCUT2D eigenvalue weighted by atomic mass is 10.0. The van der Waals surface area contributed by atoms with Crippen molar-refractivity contribution in [2.75, 3.05) is 6.26 Å². The van der Waals surface area contributed by atoms with Crippen molar-refractivity contribution in [3.8, 4) is 11.1 Å². The molecule has 3 aromatic rings. The lowest BCUT2D eigenvalue weighted by molar-refractivity contribution is 1.09. The summed E-state index contributed by atoms with van der Waals surface area (Å²) in [5, 5.41) is 2.46. The quantitative estimate of drug-likeness (QED) is 0.586. The smallest absolute Gasteiger partial charge is 0.166 e. The second kappa shape index (κ2) is 5.49. The van der Waals surface area contributed by atoms with E-state index in [1.165, 1.54) is 0 Å². The number of halogens is 3. The molecule has 0 aliphatic carbocycles. The standard InChI is InChI=1S/C14H9Cl3N2S/c1-20-14-18-11-5-8(10(16)6-12(11)19-14)7-3-2-4-9(15)13(7)17/h2-6H,1H3,(H,18,19). The van der Waals surface area contributed by atoms with E-state index in [1.807, 2.05) is 30.5 Å². The van der Waals surface area contributed by atoms with Crippen molar-refractivity contribution in [2.45, 2.75) is 5.16 Å². The Bertz CT molecular complexity index is 798. The van der Waals surface area contributed by atoms with E-state index in [2.05, 4.69) is 9.97 Å². The average Bonchev–Trinajstić information content (AvgIpc) is 2.83. The SMILES string of the molecule is CSc1nc2cc(-c3cccc(Cl)c3Cl)c(Cl)cc2[nH]1. The van der Waals surface area contributed by atoms with Crippen LogP contribution in [0.25, 0.3) is 22.2 Å². The molecule has 1 N–H and O–H groups in total. The normalized spacial score (nSPS) is 11.2. The Morgan fingerprint density at radius 3 is 2.60 bits per heavy atom. The fourth-order valence-corrected chi connectivity index (χ4v) is 3.09. The number of fused-ring (bicyclic) bond motifs is 1. The zero-order valence-electron chi connectivity index (χ0n) is 10.4. The van der Waals surface area contributed by atoms with Gasteiger partial charge in [-0.15, -0.1) is 0 Å². The van der Waals surface area contributed by atoms with Crippen LogP contribution >= 0.6 is 46.6 Å². The first-order chi connectivity index (χ1) is 9.60. The number of benzene rings is 2. The Hall–Kier alpha value is -0.870. The summed E-state index contributed by atoms with van der Waals surface area (Å²) >= 11 is 20.2. The number of rotatable bonds is 2. The van der Waals surface area contributed by atoms with Crippen molar-refractivity contribution < 1.29 is 0 Å². The van der Waals surface area contributed by atoms with E-state index >= 15 is 0 Å². The number of hydrogen-bond donors (Lipinski definition) is 1. The molecule has 1 aromatic heterocycles. The molecule has 3 rings (SSSR count). The van der Waals surface area contributed by atoms with E-state index in [9.17, 15) is 0 Å². The molecule has 0 saturated carbocycles. The summed E-state index contributed by atoms with van der Waals surface area (Å²) in [4.78, 5) is 7.68. The number of nitrogens with zero attached hydrogens (tertiary/aromatic N) is 1. The fraction of sp³-hybridized carbons (Fsp3) is 0.0714. The van der Waals surface area contributed by atoms with Crippen molar-refractivity contribution in [3.05, 3.63) is 45.4 Å². The van der Waals surface area contributed by atoms with Crippen LogP contribution in [0.2, 0.25) is 15.1 Å². The van der Waals surface area contributed by atoms with Crippen molar-refractivity contribution in [2.24, 2.45) is 0 Å². The summed E-state index contributed by atoms with van der Waals surface area (Å²) < 4.78 is 0. The number of aromatic nitrogens is 2. The molecule has 6 heteroatoms. The van der Waals surface area contributed by atoms with Gasteiger partial charge in [0.25, 0.3) is 0 Å². The molecule has 0 aliphatic heterocycles. The highest BCUT2D eigenvalue weighted by molar-refractivity contribution is 7.98. The van der Waals surface area contributed by atoms with Gasteiger partial charge in [-0.1, -0.05) is 58.7 Å². The molecular formula is C14H9Cl3N2S. The lowest BCUT2D eigenvalue weighted by Crippen LogP contribution is -1.83. The number of nitrogens with one attached hydrogen (secondary N) is 1. The Morgan fingerprint density at radius 1 is 1.05 bits per heavy atom. The minimum Gasteiger partial charge on any atom is -0.333 e. The monoisotopic (exact) mass is 342 g/mol. The Labute approximate surface area is 135 Å². The topological polar surface area (TPSA) is 28.7 Å². The summed E-state index contributed by atoms with van der Waals surface area (Å²) in [7, 11) is 0. The number of H-pyrrole nitrogens is 1.